The first-order chi connectivity index (χ1) is 13.3. The summed E-state index contributed by atoms with van der Waals surface area (Å²) in [5.74, 6) is -0.0372. The van der Waals surface area contributed by atoms with Crippen molar-refractivity contribution in [1.82, 2.24) is 10.3 Å². The third-order valence-electron chi connectivity index (χ3n) is 4.44. The van der Waals surface area contributed by atoms with E-state index in [9.17, 15) is 23.2 Å². The first-order valence-corrected chi connectivity index (χ1v) is 9.74. The molecular formula is C20H18F3N3OS. The largest absolute Gasteiger partial charge is 0.417 e. The maximum absolute atomic E-state index is 13.2. The van der Waals surface area contributed by atoms with Crippen molar-refractivity contribution in [2.45, 2.75) is 37.0 Å². The number of halogens is 3. The van der Waals surface area contributed by atoms with Crippen LogP contribution in [-0.2, 0) is 11.0 Å². The van der Waals surface area contributed by atoms with Gasteiger partial charge in [-0.25, -0.2) is 4.98 Å². The Balaban J connectivity index is 1.72. The van der Waals surface area contributed by atoms with E-state index in [4.69, 9.17) is 0 Å². The van der Waals surface area contributed by atoms with Crippen LogP contribution in [0.25, 0.3) is 0 Å². The highest BCUT2D eigenvalue weighted by atomic mass is 32.2. The maximum Gasteiger partial charge on any atom is 0.417 e. The molecule has 0 bridgehead atoms. The number of hydrogen-bond donors (Lipinski definition) is 1. The third kappa shape index (κ3) is 4.84. The summed E-state index contributed by atoms with van der Waals surface area (Å²) >= 11 is 0.848. The number of pyridine rings is 1. The fourth-order valence-electron chi connectivity index (χ4n) is 2.99. The summed E-state index contributed by atoms with van der Waals surface area (Å²) in [5.41, 5.74) is -0.410. The second-order valence-corrected chi connectivity index (χ2v) is 7.65. The van der Waals surface area contributed by atoms with Crippen LogP contribution in [0.3, 0.4) is 0 Å². The third-order valence-corrected chi connectivity index (χ3v) is 5.42. The molecule has 1 fully saturated rings. The zero-order valence-corrected chi connectivity index (χ0v) is 15.9. The van der Waals surface area contributed by atoms with Gasteiger partial charge in [0, 0.05) is 5.69 Å². The van der Waals surface area contributed by atoms with Crippen LogP contribution in [0.5, 0.6) is 0 Å². The Morgan fingerprint density at radius 3 is 2.61 bits per heavy atom. The lowest BCUT2D eigenvalue weighted by Gasteiger charge is -2.19. The standard InChI is InChI=1S/C20H18F3N3OS/c1-12-9-16(20(21,22)23)15(10-24)19(25-12)28-11-17(27)26-18(14-7-8-14)13-5-3-2-4-6-13/h2-6,9,14,18H,7-8,11H2,1H3,(H,26,27). The number of alkyl halides is 3. The number of amides is 1. The lowest BCUT2D eigenvalue weighted by atomic mass is 10.0. The number of nitriles is 1. The molecule has 1 atom stereocenters. The van der Waals surface area contributed by atoms with Gasteiger partial charge in [0.05, 0.1) is 22.9 Å². The molecule has 146 valence electrons. The maximum atomic E-state index is 13.2. The lowest BCUT2D eigenvalue weighted by Crippen LogP contribution is -2.31. The second-order valence-electron chi connectivity index (χ2n) is 6.68. The number of carbonyl (C=O) groups excluding carboxylic acids is 1. The van der Waals surface area contributed by atoms with Gasteiger partial charge in [-0.3, -0.25) is 4.79 Å². The molecule has 1 heterocycles. The molecule has 1 aromatic heterocycles. The predicted molar refractivity (Wildman–Crippen MR) is 99.5 cm³/mol. The van der Waals surface area contributed by atoms with Crippen LogP contribution in [0.1, 0.15) is 41.3 Å². The zero-order valence-electron chi connectivity index (χ0n) is 15.1. The first-order valence-electron chi connectivity index (χ1n) is 8.75. The van der Waals surface area contributed by atoms with E-state index in [1.807, 2.05) is 30.3 Å². The summed E-state index contributed by atoms with van der Waals surface area (Å²) in [6.07, 6.45) is -2.60. The van der Waals surface area contributed by atoms with Crippen molar-refractivity contribution in [2.24, 2.45) is 5.92 Å². The highest BCUT2D eigenvalue weighted by Gasteiger charge is 2.36. The molecule has 0 spiro atoms. The number of rotatable bonds is 6. The molecule has 1 aliphatic carbocycles. The number of carbonyl (C=O) groups is 1. The van der Waals surface area contributed by atoms with Gasteiger partial charge in [0.25, 0.3) is 0 Å². The van der Waals surface area contributed by atoms with Crippen molar-refractivity contribution < 1.29 is 18.0 Å². The average molecular weight is 405 g/mol. The fraction of sp³-hybridized carbons (Fsp3) is 0.350. The van der Waals surface area contributed by atoms with Crippen molar-refractivity contribution in [3.8, 4) is 6.07 Å². The summed E-state index contributed by atoms with van der Waals surface area (Å²) in [6.45, 7) is 1.43. The Morgan fingerprint density at radius 2 is 2.04 bits per heavy atom. The van der Waals surface area contributed by atoms with E-state index in [1.165, 1.54) is 6.92 Å². The molecule has 4 nitrogen and oxygen atoms in total. The van der Waals surface area contributed by atoms with Gasteiger partial charge in [0.2, 0.25) is 5.91 Å². The first kappa shape index (κ1) is 20.2. The molecule has 1 aliphatic rings. The van der Waals surface area contributed by atoms with Gasteiger partial charge in [-0.1, -0.05) is 42.1 Å². The molecule has 3 rings (SSSR count). The van der Waals surface area contributed by atoms with E-state index in [0.717, 1.165) is 36.2 Å². The van der Waals surface area contributed by atoms with Crippen molar-refractivity contribution in [3.05, 3.63) is 58.8 Å². The van der Waals surface area contributed by atoms with Gasteiger partial charge in [-0.05, 0) is 37.3 Å². The SMILES string of the molecule is Cc1cc(C(F)(F)F)c(C#N)c(SCC(=O)NC(c2ccccc2)C2CC2)n1. The summed E-state index contributed by atoms with van der Waals surface area (Å²) in [7, 11) is 0. The Bertz CT molecular complexity index is 905. The van der Waals surface area contributed by atoms with Crippen molar-refractivity contribution in [2.75, 3.05) is 5.75 Å². The van der Waals surface area contributed by atoms with Crippen LogP contribution in [0.2, 0.25) is 0 Å². The van der Waals surface area contributed by atoms with Crippen LogP contribution in [0, 0.1) is 24.2 Å². The molecule has 1 N–H and O–H groups in total. The molecule has 8 heteroatoms. The highest BCUT2D eigenvalue weighted by molar-refractivity contribution is 8.00. The zero-order chi connectivity index (χ0) is 20.3. The van der Waals surface area contributed by atoms with E-state index in [1.54, 1.807) is 6.07 Å². The van der Waals surface area contributed by atoms with Gasteiger partial charge in [0.15, 0.2) is 0 Å². The molecule has 2 aromatic rings. The van der Waals surface area contributed by atoms with Gasteiger partial charge in [-0.2, -0.15) is 18.4 Å². The molecule has 28 heavy (non-hydrogen) atoms. The molecule has 0 saturated heterocycles. The van der Waals surface area contributed by atoms with E-state index in [0.29, 0.717) is 5.92 Å². The molecule has 0 aliphatic heterocycles. The smallest absolute Gasteiger partial charge is 0.348 e. The molecule has 0 radical (unpaired) electrons. The number of aryl methyl sites for hydroxylation is 1. The van der Waals surface area contributed by atoms with Crippen LogP contribution >= 0.6 is 11.8 Å². The highest BCUT2D eigenvalue weighted by Crippen LogP contribution is 2.41. The second kappa shape index (κ2) is 8.23. The van der Waals surface area contributed by atoms with Gasteiger partial charge < -0.3 is 5.32 Å². The van der Waals surface area contributed by atoms with Crippen LogP contribution in [0.4, 0.5) is 13.2 Å². The minimum Gasteiger partial charge on any atom is -0.348 e. The van der Waals surface area contributed by atoms with E-state index in [2.05, 4.69) is 10.3 Å². The number of nitrogens with one attached hydrogen (secondary N) is 1. The van der Waals surface area contributed by atoms with Crippen molar-refractivity contribution in [1.29, 1.82) is 5.26 Å². The normalized spacial score (nSPS) is 15.0. The van der Waals surface area contributed by atoms with Gasteiger partial charge in [0.1, 0.15) is 11.1 Å². The topological polar surface area (TPSA) is 65.8 Å². The monoisotopic (exact) mass is 405 g/mol. The molecule has 1 unspecified atom stereocenters. The number of hydrogen-bond acceptors (Lipinski definition) is 4. The number of benzene rings is 1. The number of aromatic nitrogens is 1. The molecule has 1 amide bonds. The molecular weight excluding hydrogens is 387 g/mol. The number of nitrogens with zero attached hydrogens (tertiary/aromatic N) is 2. The van der Waals surface area contributed by atoms with Gasteiger partial charge in [-0.15, -0.1) is 0 Å². The number of thioether (sulfide) groups is 1. The Hall–Kier alpha value is -2.53. The minimum absolute atomic E-state index is 0.0762. The van der Waals surface area contributed by atoms with Crippen molar-refractivity contribution in [3.63, 3.8) is 0 Å². The van der Waals surface area contributed by atoms with Crippen LogP contribution < -0.4 is 5.32 Å². The Labute approximate surface area is 165 Å². The Kier molecular flexibility index (Phi) is 5.94. The summed E-state index contributed by atoms with van der Waals surface area (Å²) in [4.78, 5) is 16.5. The quantitative estimate of drug-likeness (QED) is 0.711. The molecule has 1 saturated carbocycles. The van der Waals surface area contributed by atoms with Gasteiger partial charge >= 0.3 is 6.18 Å². The van der Waals surface area contributed by atoms with Crippen molar-refractivity contribution >= 4 is 17.7 Å². The Morgan fingerprint density at radius 1 is 1.36 bits per heavy atom. The predicted octanol–water partition coefficient (Wildman–Crippen LogP) is 4.64. The molecule has 1 aromatic carbocycles. The van der Waals surface area contributed by atoms with Crippen LogP contribution in [0.15, 0.2) is 41.4 Å². The average Bonchev–Trinajstić information content (AvgIpc) is 3.49. The minimum atomic E-state index is -4.65. The van der Waals surface area contributed by atoms with E-state index < -0.39 is 17.3 Å². The lowest BCUT2D eigenvalue weighted by molar-refractivity contribution is -0.138. The fourth-order valence-corrected chi connectivity index (χ4v) is 3.85. The van der Waals surface area contributed by atoms with E-state index >= 15 is 0 Å². The van der Waals surface area contributed by atoms with E-state index in [-0.39, 0.29) is 28.4 Å². The summed E-state index contributed by atoms with van der Waals surface area (Å²) in [5, 5.41) is 12.1. The van der Waals surface area contributed by atoms with Crippen LogP contribution in [-0.4, -0.2) is 16.6 Å². The summed E-state index contributed by atoms with van der Waals surface area (Å²) < 4.78 is 39.5. The summed E-state index contributed by atoms with van der Waals surface area (Å²) in [6, 6.07) is 11.9.